The number of hydrogen-bond acceptors (Lipinski definition) is 9. The zero-order valence-electron chi connectivity index (χ0n) is 24.5. The summed E-state index contributed by atoms with van der Waals surface area (Å²) in [6.07, 6.45) is 8.12. The number of allylic oxidation sites excluding steroid dienone is 1. The number of amidine groups is 1. The second-order valence-corrected chi connectivity index (χ2v) is 10.00. The highest BCUT2D eigenvalue weighted by Gasteiger charge is 2.31. The first kappa shape index (κ1) is 30.7. The maximum atomic E-state index is 12.5. The smallest absolute Gasteiger partial charge is 0.272 e. The van der Waals surface area contributed by atoms with Crippen molar-refractivity contribution >= 4 is 41.2 Å². The van der Waals surface area contributed by atoms with Gasteiger partial charge >= 0.3 is 0 Å². The summed E-state index contributed by atoms with van der Waals surface area (Å²) in [5, 5.41) is 8.56. The molecule has 1 aliphatic heterocycles. The van der Waals surface area contributed by atoms with E-state index in [9.17, 15) is 14.4 Å². The van der Waals surface area contributed by atoms with Gasteiger partial charge in [-0.05, 0) is 43.2 Å². The Morgan fingerprint density at radius 3 is 2.56 bits per heavy atom. The first-order chi connectivity index (χ1) is 20.7. The molecule has 1 saturated heterocycles. The van der Waals surface area contributed by atoms with Crippen LogP contribution in [0.3, 0.4) is 0 Å². The lowest BCUT2D eigenvalue weighted by molar-refractivity contribution is -0.120. The Hall–Kier alpha value is -5.26. The number of aliphatic imine (C=N–C) groups is 2. The lowest BCUT2D eigenvalue weighted by atomic mass is 10.1. The minimum absolute atomic E-state index is 0.0175. The van der Waals surface area contributed by atoms with Crippen molar-refractivity contribution in [1.82, 2.24) is 20.5 Å². The first-order valence-electron chi connectivity index (χ1n) is 13.8. The largest absolute Gasteiger partial charge is 0.494 e. The van der Waals surface area contributed by atoms with Crippen molar-refractivity contribution < 1.29 is 19.1 Å². The van der Waals surface area contributed by atoms with Crippen LogP contribution in [0.4, 0.5) is 5.69 Å². The van der Waals surface area contributed by atoms with Crippen molar-refractivity contribution in [3.8, 4) is 5.75 Å². The molecule has 224 valence electrons. The van der Waals surface area contributed by atoms with Crippen LogP contribution >= 0.6 is 0 Å². The highest BCUT2D eigenvalue weighted by atomic mass is 16.5. The van der Waals surface area contributed by atoms with Crippen LogP contribution in [0.5, 0.6) is 5.75 Å². The van der Waals surface area contributed by atoms with E-state index in [0.29, 0.717) is 47.2 Å². The molecular formula is C31H36N8O4. The predicted molar refractivity (Wildman–Crippen MR) is 167 cm³/mol. The number of pyridine rings is 1. The molecule has 1 aromatic heterocycles. The summed E-state index contributed by atoms with van der Waals surface area (Å²) in [7, 11) is 4.56. The Balaban J connectivity index is 1.49. The zero-order chi connectivity index (χ0) is 30.9. The zero-order valence-corrected chi connectivity index (χ0v) is 24.5. The topological polar surface area (TPSA) is 163 Å². The molecule has 0 unspecified atom stereocenters. The van der Waals surface area contributed by atoms with E-state index in [1.54, 1.807) is 72.9 Å². The van der Waals surface area contributed by atoms with E-state index in [-0.39, 0.29) is 35.2 Å². The summed E-state index contributed by atoms with van der Waals surface area (Å²) in [5.41, 5.74) is 8.76. The molecule has 2 aliphatic rings. The Bertz CT molecular complexity index is 1500. The average Bonchev–Trinajstić information content (AvgIpc) is 3.86. The second kappa shape index (κ2) is 14.1. The lowest BCUT2D eigenvalue weighted by Gasteiger charge is -2.36. The van der Waals surface area contributed by atoms with Crippen LogP contribution in [-0.4, -0.2) is 80.0 Å². The number of likely N-dealkylation sites (tertiary alicyclic amines) is 1. The van der Waals surface area contributed by atoms with Crippen LogP contribution in [0.25, 0.3) is 5.70 Å². The van der Waals surface area contributed by atoms with Gasteiger partial charge in [-0.3, -0.25) is 29.4 Å². The van der Waals surface area contributed by atoms with E-state index in [0.717, 1.165) is 12.8 Å². The van der Waals surface area contributed by atoms with E-state index < -0.39 is 5.91 Å². The summed E-state index contributed by atoms with van der Waals surface area (Å²) < 4.78 is 5.71. The summed E-state index contributed by atoms with van der Waals surface area (Å²) >= 11 is 0. The van der Waals surface area contributed by atoms with E-state index in [2.05, 4.69) is 37.5 Å². The lowest BCUT2D eigenvalue weighted by Crippen LogP contribution is -2.52. The quantitative estimate of drug-likeness (QED) is 0.136. The van der Waals surface area contributed by atoms with Gasteiger partial charge in [0.15, 0.2) is 5.75 Å². The fourth-order valence-corrected chi connectivity index (χ4v) is 4.27. The number of benzene rings is 1. The van der Waals surface area contributed by atoms with Gasteiger partial charge in [-0.1, -0.05) is 18.7 Å². The molecule has 0 radical (unpaired) electrons. The number of para-hydroxylation sites is 1. The van der Waals surface area contributed by atoms with Crippen LogP contribution in [0.15, 0.2) is 82.6 Å². The number of likely N-dealkylation sites (N-methyl/N-ethyl adjacent to an activating group) is 1. The fraction of sp³-hybridized carbons (Fsp3) is 0.290. The number of ether oxygens (including phenoxy) is 1. The van der Waals surface area contributed by atoms with Gasteiger partial charge in [0, 0.05) is 62.9 Å². The molecule has 2 fully saturated rings. The van der Waals surface area contributed by atoms with Gasteiger partial charge in [0.2, 0.25) is 5.91 Å². The Labute approximate surface area is 250 Å². The highest BCUT2D eigenvalue weighted by Crippen LogP contribution is 2.33. The Morgan fingerprint density at radius 2 is 1.93 bits per heavy atom. The van der Waals surface area contributed by atoms with Crippen molar-refractivity contribution in [2.45, 2.75) is 18.9 Å². The van der Waals surface area contributed by atoms with Gasteiger partial charge in [-0.25, -0.2) is 0 Å². The standard InChI is InChI=1S/C31H36N8O4/c1-19(29(40)34-3)26(16-27(33-2)38-30(41)20-11-12-20)37-24-10-7-8-22(28(24)43-4)23(32)13-15-35-21-17-39(18-21)31(42)25-9-5-6-14-36-25/h5-10,13-16,20-21,37H,1,11-12,17-18,32H2,2-4H3,(H,34,40)(H,33,38,41)/b23-13?,26-16+,35-15?. The normalized spacial score (nSPS) is 16.0. The van der Waals surface area contributed by atoms with Crippen LogP contribution in [0.2, 0.25) is 0 Å². The minimum Gasteiger partial charge on any atom is -0.494 e. The van der Waals surface area contributed by atoms with E-state index >= 15 is 0 Å². The Morgan fingerprint density at radius 1 is 1.16 bits per heavy atom. The SMILES string of the molecule is C=C(C(=O)NC)/C(=C\C(=NC)NC(=O)C1CC1)Nc1cccc(C(N)=CC=NC2CN(C(=O)c3ccccn3)C2)c1OC. The average molecular weight is 585 g/mol. The van der Waals surface area contributed by atoms with Crippen molar-refractivity contribution in [2.75, 3.05) is 39.6 Å². The van der Waals surface area contributed by atoms with Gasteiger partial charge < -0.3 is 31.3 Å². The monoisotopic (exact) mass is 584 g/mol. The maximum Gasteiger partial charge on any atom is 0.272 e. The summed E-state index contributed by atoms with van der Waals surface area (Å²) in [6.45, 7) is 4.91. The molecule has 0 bridgehead atoms. The molecule has 2 heterocycles. The summed E-state index contributed by atoms with van der Waals surface area (Å²) in [4.78, 5) is 51.8. The van der Waals surface area contributed by atoms with E-state index in [4.69, 9.17) is 10.5 Å². The highest BCUT2D eigenvalue weighted by molar-refractivity contribution is 6.08. The van der Waals surface area contributed by atoms with Gasteiger partial charge in [0.25, 0.3) is 11.8 Å². The number of anilines is 1. The first-order valence-corrected chi connectivity index (χ1v) is 13.8. The van der Waals surface area contributed by atoms with E-state index in [1.807, 2.05) is 0 Å². The molecule has 0 atom stereocenters. The minimum atomic E-state index is -0.412. The van der Waals surface area contributed by atoms with E-state index in [1.165, 1.54) is 14.2 Å². The molecule has 5 N–H and O–H groups in total. The van der Waals surface area contributed by atoms with Gasteiger partial charge in [-0.2, -0.15) is 0 Å². The van der Waals surface area contributed by atoms with Crippen molar-refractivity contribution in [3.05, 3.63) is 83.9 Å². The van der Waals surface area contributed by atoms with Gasteiger partial charge in [0.05, 0.1) is 30.1 Å². The van der Waals surface area contributed by atoms with Crippen molar-refractivity contribution in [3.63, 3.8) is 0 Å². The molecule has 1 saturated carbocycles. The van der Waals surface area contributed by atoms with Crippen molar-refractivity contribution in [1.29, 1.82) is 0 Å². The molecular weight excluding hydrogens is 548 g/mol. The maximum absolute atomic E-state index is 12.5. The third kappa shape index (κ3) is 7.73. The Kier molecular flexibility index (Phi) is 10.0. The molecule has 2 aromatic rings. The third-order valence-corrected chi connectivity index (χ3v) is 6.93. The molecule has 1 aliphatic carbocycles. The van der Waals surface area contributed by atoms with Crippen LogP contribution in [-0.2, 0) is 9.59 Å². The van der Waals surface area contributed by atoms with Crippen LogP contribution in [0.1, 0.15) is 28.9 Å². The molecule has 0 spiro atoms. The van der Waals surface area contributed by atoms with Crippen LogP contribution < -0.4 is 26.4 Å². The molecule has 12 nitrogen and oxygen atoms in total. The number of nitrogens with two attached hydrogens (primary N) is 1. The fourth-order valence-electron chi connectivity index (χ4n) is 4.27. The van der Waals surface area contributed by atoms with Crippen LogP contribution in [0, 0.1) is 5.92 Å². The van der Waals surface area contributed by atoms with Crippen molar-refractivity contribution in [2.24, 2.45) is 21.6 Å². The number of hydrogen-bond donors (Lipinski definition) is 4. The predicted octanol–water partition coefficient (Wildman–Crippen LogP) is 2.14. The number of nitrogens with zero attached hydrogens (tertiary/aromatic N) is 4. The third-order valence-electron chi connectivity index (χ3n) is 6.93. The number of carbonyl (C=O) groups excluding carboxylic acids is 3. The number of carbonyl (C=O) groups is 3. The number of aromatic nitrogens is 1. The summed E-state index contributed by atoms with van der Waals surface area (Å²) in [6, 6.07) is 10.6. The molecule has 12 heteroatoms. The molecule has 1 aromatic carbocycles. The molecule has 3 amide bonds. The molecule has 4 rings (SSSR count). The number of nitrogens with one attached hydrogen (secondary N) is 3. The second-order valence-electron chi connectivity index (χ2n) is 10.00. The summed E-state index contributed by atoms with van der Waals surface area (Å²) in [5.74, 6) is 0.0435. The number of rotatable bonds is 11. The molecule has 43 heavy (non-hydrogen) atoms. The number of methoxy groups -OCH3 is 1. The van der Waals surface area contributed by atoms with Gasteiger partial charge in [0.1, 0.15) is 11.5 Å². The number of amides is 3. The van der Waals surface area contributed by atoms with Gasteiger partial charge in [-0.15, -0.1) is 0 Å².